The fraction of sp³-hybridized carbons (Fsp3) is 0.0667. The third-order valence-corrected chi connectivity index (χ3v) is 3.96. The minimum Gasteiger partial charge on any atom is -0.380 e. The Kier molecular flexibility index (Phi) is 3.23. The van der Waals surface area contributed by atoms with Gasteiger partial charge in [-0.25, -0.2) is 0 Å². The van der Waals surface area contributed by atoms with Gasteiger partial charge in [0.15, 0.2) is 0 Å². The number of aromatic amines is 1. The first kappa shape index (κ1) is 11.6. The molecule has 0 aliphatic heterocycles. The fourth-order valence-corrected chi connectivity index (χ4v) is 2.67. The molecule has 2 N–H and O–H groups in total. The SMILES string of the molecule is Ic1ccccc1NCc1cccc2cc[nH]c12. The number of rotatable bonds is 3. The summed E-state index contributed by atoms with van der Waals surface area (Å²) in [5.74, 6) is 0. The molecule has 0 spiro atoms. The Morgan fingerprint density at radius 1 is 1.00 bits per heavy atom. The second-order valence-corrected chi connectivity index (χ2v) is 5.35. The molecule has 0 amide bonds. The Labute approximate surface area is 120 Å². The largest absolute Gasteiger partial charge is 0.380 e. The van der Waals surface area contributed by atoms with Crippen LogP contribution in [0, 0.1) is 3.57 Å². The van der Waals surface area contributed by atoms with Gasteiger partial charge in [0.25, 0.3) is 0 Å². The van der Waals surface area contributed by atoms with Crippen molar-refractivity contribution >= 4 is 39.2 Å². The van der Waals surface area contributed by atoms with Crippen LogP contribution in [-0.2, 0) is 6.54 Å². The molecule has 3 rings (SSSR count). The molecular formula is C15H13IN2. The molecule has 0 bridgehead atoms. The smallest absolute Gasteiger partial charge is 0.0504 e. The molecule has 1 aromatic heterocycles. The van der Waals surface area contributed by atoms with Gasteiger partial charge in [-0.15, -0.1) is 0 Å². The molecular weight excluding hydrogens is 335 g/mol. The number of H-pyrrole nitrogens is 1. The van der Waals surface area contributed by atoms with E-state index in [1.165, 1.54) is 25.7 Å². The van der Waals surface area contributed by atoms with Crippen molar-refractivity contribution < 1.29 is 0 Å². The molecule has 18 heavy (non-hydrogen) atoms. The Morgan fingerprint density at radius 3 is 2.78 bits per heavy atom. The van der Waals surface area contributed by atoms with Gasteiger partial charge in [-0.1, -0.05) is 30.3 Å². The van der Waals surface area contributed by atoms with E-state index >= 15 is 0 Å². The van der Waals surface area contributed by atoms with Crippen LogP contribution in [0.2, 0.25) is 0 Å². The zero-order valence-corrected chi connectivity index (χ0v) is 11.9. The fourth-order valence-electron chi connectivity index (χ4n) is 2.09. The van der Waals surface area contributed by atoms with E-state index < -0.39 is 0 Å². The van der Waals surface area contributed by atoms with E-state index in [0.717, 1.165) is 6.54 Å². The quantitative estimate of drug-likeness (QED) is 0.676. The predicted molar refractivity (Wildman–Crippen MR) is 84.8 cm³/mol. The number of anilines is 1. The molecule has 0 saturated heterocycles. The second kappa shape index (κ2) is 5.02. The Balaban J connectivity index is 1.85. The first-order valence-corrected chi connectivity index (χ1v) is 6.96. The molecule has 3 aromatic rings. The van der Waals surface area contributed by atoms with Gasteiger partial charge in [0.2, 0.25) is 0 Å². The van der Waals surface area contributed by atoms with E-state index in [2.05, 4.69) is 81.4 Å². The van der Waals surface area contributed by atoms with Crippen molar-refractivity contribution in [2.45, 2.75) is 6.54 Å². The van der Waals surface area contributed by atoms with Crippen LogP contribution < -0.4 is 5.32 Å². The van der Waals surface area contributed by atoms with Crippen molar-refractivity contribution in [1.82, 2.24) is 4.98 Å². The molecule has 90 valence electrons. The molecule has 0 aliphatic rings. The molecule has 0 aliphatic carbocycles. The van der Waals surface area contributed by atoms with Gasteiger partial charge >= 0.3 is 0 Å². The summed E-state index contributed by atoms with van der Waals surface area (Å²) >= 11 is 2.35. The van der Waals surface area contributed by atoms with Gasteiger partial charge in [0.1, 0.15) is 0 Å². The average Bonchev–Trinajstić information content (AvgIpc) is 2.86. The van der Waals surface area contributed by atoms with Crippen LogP contribution in [0.15, 0.2) is 54.7 Å². The van der Waals surface area contributed by atoms with Crippen molar-refractivity contribution in [3.05, 3.63) is 63.9 Å². The summed E-state index contributed by atoms with van der Waals surface area (Å²) in [5, 5.41) is 4.74. The molecule has 2 aromatic carbocycles. The van der Waals surface area contributed by atoms with Crippen LogP contribution in [-0.4, -0.2) is 4.98 Å². The van der Waals surface area contributed by atoms with Crippen LogP contribution in [0.25, 0.3) is 10.9 Å². The van der Waals surface area contributed by atoms with Crippen LogP contribution in [0.1, 0.15) is 5.56 Å². The Hall–Kier alpha value is -1.49. The lowest BCUT2D eigenvalue weighted by Crippen LogP contribution is -2.01. The summed E-state index contributed by atoms with van der Waals surface area (Å²) in [6.07, 6.45) is 1.99. The van der Waals surface area contributed by atoms with Crippen LogP contribution in [0.5, 0.6) is 0 Å². The lowest BCUT2D eigenvalue weighted by Gasteiger charge is -2.09. The van der Waals surface area contributed by atoms with E-state index in [4.69, 9.17) is 0 Å². The zero-order valence-electron chi connectivity index (χ0n) is 9.78. The molecule has 0 unspecified atom stereocenters. The highest BCUT2D eigenvalue weighted by atomic mass is 127. The zero-order chi connectivity index (χ0) is 12.4. The van der Waals surface area contributed by atoms with Crippen molar-refractivity contribution in [3.8, 4) is 0 Å². The molecule has 0 fully saturated rings. The standard InChI is InChI=1S/C15H13IN2/c16-13-6-1-2-7-14(13)18-10-12-5-3-4-11-8-9-17-15(11)12/h1-9,17-18H,10H2. The highest BCUT2D eigenvalue weighted by molar-refractivity contribution is 14.1. The first-order valence-electron chi connectivity index (χ1n) is 5.88. The van der Waals surface area contributed by atoms with Crippen molar-refractivity contribution in [3.63, 3.8) is 0 Å². The second-order valence-electron chi connectivity index (χ2n) is 4.19. The number of hydrogen-bond acceptors (Lipinski definition) is 1. The van der Waals surface area contributed by atoms with Gasteiger partial charge in [0.05, 0.1) is 5.52 Å². The van der Waals surface area contributed by atoms with Gasteiger partial charge in [-0.05, 0) is 51.7 Å². The average molecular weight is 348 g/mol. The van der Waals surface area contributed by atoms with Gasteiger partial charge < -0.3 is 10.3 Å². The molecule has 2 nitrogen and oxygen atoms in total. The van der Waals surface area contributed by atoms with E-state index in [0.29, 0.717) is 0 Å². The Morgan fingerprint density at radius 2 is 1.89 bits per heavy atom. The maximum absolute atomic E-state index is 3.48. The van der Waals surface area contributed by atoms with E-state index in [-0.39, 0.29) is 0 Å². The summed E-state index contributed by atoms with van der Waals surface area (Å²) in [6.45, 7) is 0.831. The van der Waals surface area contributed by atoms with Gasteiger partial charge in [0, 0.05) is 22.0 Å². The van der Waals surface area contributed by atoms with Crippen LogP contribution in [0.4, 0.5) is 5.69 Å². The summed E-state index contributed by atoms with van der Waals surface area (Å²) in [5.41, 5.74) is 3.69. The number of nitrogens with one attached hydrogen (secondary N) is 2. The minimum atomic E-state index is 0.831. The summed E-state index contributed by atoms with van der Waals surface area (Å²) in [6, 6.07) is 16.8. The lowest BCUT2D eigenvalue weighted by molar-refractivity contribution is 1.15. The lowest BCUT2D eigenvalue weighted by atomic mass is 10.1. The van der Waals surface area contributed by atoms with Crippen molar-refractivity contribution in [2.24, 2.45) is 0 Å². The van der Waals surface area contributed by atoms with Gasteiger partial charge in [-0.2, -0.15) is 0 Å². The monoisotopic (exact) mass is 348 g/mol. The molecule has 0 radical (unpaired) electrons. The number of halogens is 1. The van der Waals surface area contributed by atoms with Gasteiger partial charge in [-0.3, -0.25) is 0 Å². The normalized spacial score (nSPS) is 10.7. The summed E-state index contributed by atoms with van der Waals surface area (Å²) < 4.78 is 1.24. The van der Waals surface area contributed by atoms with Crippen LogP contribution in [0.3, 0.4) is 0 Å². The Bertz CT molecular complexity index is 673. The first-order chi connectivity index (χ1) is 8.84. The number of fused-ring (bicyclic) bond motifs is 1. The molecule has 0 atom stereocenters. The number of aromatic nitrogens is 1. The molecule has 3 heteroatoms. The van der Waals surface area contributed by atoms with E-state index in [1.807, 2.05) is 6.20 Å². The van der Waals surface area contributed by atoms with Crippen LogP contribution >= 0.6 is 22.6 Å². The van der Waals surface area contributed by atoms with E-state index in [1.54, 1.807) is 0 Å². The summed E-state index contributed by atoms with van der Waals surface area (Å²) in [4.78, 5) is 3.30. The summed E-state index contributed by atoms with van der Waals surface area (Å²) in [7, 11) is 0. The minimum absolute atomic E-state index is 0.831. The number of hydrogen-bond donors (Lipinski definition) is 2. The maximum Gasteiger partial charge on any atom is 0.0504 e. The van der Waals surface area contributed by atoms with E-state index in [9.17, 15) is 0 Å². The third kappa shape index (κ3) is 2.22. The van der Waals surface area contributed by atoms with Crippen molar-refractivity contribution in [1.29, 1.82) is 0 Å². The molecule has 1 heterocycles. The number of para-hydroxylation sites is 2. The van der Waals surface area contributed by atoms with Crippen molar-refractivity contribution in [2.75, 3.05) is 5.32 Å². The predicted octanol–water partition coefficient (Wildman–Crippen LogP) is 4.38. The number of benzene rings is 2. The highest BCUT2D eigenvalue weighted by Gasteiger charge is 2.02. The maximum atomic E-state index is 3.48. The third-order valence-electron chi connectivity index (χ3n) is 3.02. The highest BCUT2D eigenvalue weighted by Crippen LogP contribution is 2.21. The molecule has 0 saturated carbocycles. The topological polar surface area (TPSA) is 27.8 Å².